The molecule has 0 bridgehead atoms. The van der Waals surface area contributed by atoms with Gasteiger partial charge in [0.05, 0.1) is 6.61 Å². The van der Waals surface area contributed by atoms with Crippen molar-refractivity contribution in [1.29, 1.82) is 0 Å². The van der Waals surface area contributed by atoms with E-state index in [0.29, 0.717) is 17.8 Å². The molecule has 20 heavy (non-hydrogen) atoms. The second-order valence-corrected chi connectivity index (χ2v) is 6.28. The fraction of sp³-hybridized carbons (Fsp3) is 0.467. The van der Waals surface area contributed by atoms with E-state index in [1.54, 1.807) is 0 Å². The van der Waals surface area contributed by atoms with Gasteiger partial charge in [0, 0.05) is 23.8 Å². The lowest BCUT2D eigenvalue weighted by molar-refractivity contribution is 0.357. The van der Waals surface area contributed by atoms with Crippen LogP contribution in [0.1, 0.15) is 42.6 Å². The third-order valence-corrected chi connectivity index (χ3v) is 4.76. The SMILES string of the molecule is CC1(C)C(c2nc(N)n[nH]2)C1c1cccc2c1CCO2. The Morgan fingerprint density at radius 1 is 1.35 bits per heavy atom. The van der Waals surface area contributed by atoms with Gasteiger partial charge in [-0.2, -0.15) is 4.98 Å². The van der Waals surface area contributed by atoms with Crippen LogP contribution in [0.2, 0.25) is 0 Å². The van der Waals surface area contributed by atoms with Crippen LogP contribution in [-0.2, 0) is 6.42 Å². The number of hydrogen-bond acceptors (Lipinski definition) is 4. The van der Waals surface area contributed by atoms with Gasteiger partial charge in [-0.1, -0.05) is 26.0 Å². The Balaban J connectivity index is 1.75. The highest BCUT2D eigenvalue weighted by Crippen LogP contribution is 2.70. The Bertz CT molecular complexity index is 676. The molecule has 1 aliphatic heterocycles. The van der Waals surface area contributed by atoms with Crippen LogP contribution in [0, 0.1) is 5.41 Å². The van der Waals surface area contributed by atoms with Crippen molar-refractivity contribution >= 4 is 5.95 Å². The number of aromatic amines is 1. The van der Waals surface area contributed by atoms with E-state index in [1.165, 1.54) is 11.1 Å². The summed E-state index contributed by atoms with van der Waals surface area (Å²) in [6, 6.07) is 6.36. The first-order chi connectivity index (χ1) is 9.59. The lowest BCUT2D eigenvalue weighted by Gasteiger charge is -2.08. The molecule has 104 valence electrons. The van der Waals surface area contributed by atoms with Crippen molar-refractivity contribution < 1.29 is 4.74 Å². The Labute approximate surface area is 117 Å². The largest absolute Gasteiger partial charge is 0.493 e. The van der Waals surface area contributed by atoms with Crippen LogP contribution in [-0.4, -0.2) is 21.8 Å². The maximum Gasteiger partial charge on any atom is 0.239 e. The first-order valence-electron chi connectivity index (χ1n) is 7.01. The summed E-state index contributed by atoms with van der Waals surface area (Å²) in [5.41, 5.74) is 8.56. The summed E-state index contributed by atoms with van der Waals surface area (Å²) in [6.07, 6.45) is 1.00. The van der Waals surface area contributed by atoms with Gasteiger partial charge in [0.25, 0.3) is 0 Å². The first-order valence-corrected chi connectivity index (χ1v) is 7.01. The van der Waals surface area contributed by atoms with Gasteiger partial charge in [-0.3, -0.25) is 5.10 Å². The summed E-state index contributed by atoms with van der Waals surface area (Å²) in [5.74, 6) is 3.06. The van der Waals surface area contributed by atoms with Gasteiger partial charge < -0.3 is 10.5 Å². The fourth-order valence-electron chi connectivity index (χ4n) is 3.70. The quantitative estimate of drug-likeness (QED) is 0.877. The highest BCUT2D eigenvalue weighted by Gasteiger charge is 2.61. The summed E-state index contributed by atoms with van der Waals surface area (Å²) in [6.45, 7) is 5.34. The topological polar surface area (TPSA) is 76.8 Å². The average Bonchev–Trinajstić information content (AvgIpc) is 2.83. The van der Waals surface area contributed by atoms with E-state index in [1.807, 2.05) is 0 Å². The van der Waals surface area contributed by atoms with Crippen LogP contribution in [0.5, 0.6) is 5.75 Å². The molecule has 1 aromatic carbocycles. The third-order valence-electron chi connectivity index (χ3n) is 4.76. The molecule has 2 aromatic rings. The molecular formula is C15H18N4O. The molecule has 3 N–H and O–H groups in total. The molecule has 0 radical (unpaired) electrons. The maximum atomic E-state index is 5.67. The average molecular weight is 270 g/mol. The van der Waals surface area contributed by atoms with Crippen LogP contribution in [0.3, 0.4) is 0 Å². The molecule has 2 aliphatic rings. The van der Waals surface area contributed by atoms with Gasteiger partial charge >= 0.3 is 0 Å². The highest BCUT2D eigenvalue weighted by atomic mass is 16.5. The molecule has 1 saturated carbocycles. The van der Waals surface area contributed by atoms with Crippen molar-refractivity contribution in [2.45, 2.75) is 32.1 Å². The molecule has 4 rings (SSSR count). The summed E-state index contributed by atoms with van der Waals surface area (Å²) in [7, 11) is 0. The van der Waals surface area contributed by atoms with E-state index in [-0.39, 0.29) is 5.41 Å². The number of nitrogens with two attached hydrogens (primary N) is 1. The van der Waals surface area contributed by atoms with Crippen molar-refractivity contribution in [2.24, 2.45) is 5.41 Å². The Kier molecular flexibility index (Phi) is 2.20. The number of anilines is 1. The Hall–Kier alpha value is -2.04. The number of hydrogen-bond donors (Lipinski definition) is 2. The highest BCUT2D eigenvalue weighted by molar-refractivity contribution is 5.50. The number of nitrogens with one attached hydrogen (secondary N) is 1. The molecule has 1 fully saturated rings. The monoisotopic (exact) mass is 270 g/mol. The van der Waals surface area contributed by atoms with Crippen LogP contribution in [0.25, 0.3) is 0 Å². The maximum absolute atomic E-state index is 5.67. The van der Waals surface area contributed by atoms with Crippen molar-refractivity contribution in [3.8, 4) is 5.75 Å². The van der Waals surface area contributed by atoms with Crippen molar-refractivity contribution in [3.63, 3.8) is 0 Å². The second-order valence-electron chi connectivity index (χ2n) is 6.28. The molecule has 5 nitrogen and oxygen atoms in total. The first kappa shape index (κ1) is 11.8. The number of aromatic nitrogens is 3. The van der Waals surface area contributed by atoms with E-state index in [9.17, 15) is 0 Å². The van der Waals surface area contributed by atoms with E-state index < -0.39 is 0 Å². The minimum atomic E-state index is 0.170. The number of benzene rings is 1. The molecular weight excluding hydrogens is 252 g/mol. The number of rotatable bonds is 2. The second kappa shape index (κ2) is 3.75. The van der Waals surface area contributed by atoms with Gasteiger partial charge in [0.2, 0.25) is 5.95 Å². The van der Waals surface area contributed by atoms with E-state index in [4.69, 9.17) is 10.5 Å². The number of nitrogen functional groups attached to an aromatic ring is 1. The van der Waals surface area contributed by atoms with Crippen molar-refractivity contribution in [1.82, 2.24) is 15.2 Å². The zero-order chi connectivity index (χ0) is 13.9. The minimum absolute atomic E-state index is 0.170. The summed E-state index contributed by atoms with van der Waals surface area (Å²) >= 11 is 0. The smallest absolute Gasteiger partial charge is 0.239 e. The molecule has 0 saturated heterocycles. The Morgan fingerprint density at radius 2 is 2.20 bits per heavy atom. The van der Waals surface area contributed by atoms with Gasteiger partial charge in [0.1, 0.15) is 11.6 Å². The fourth-order valence-corrected chi connectivity index (χ4v) is 3.70. The van der Waals surface area contributed by atoms with E-state index in [2.05, 4.69) is 47.2 Å². The Morgan fingerprint density at radius 3 is 2.95 bits per heavy atom. The zero-order valence-electron chi connectivity index (χ0n) is 11.7. The summed E-state index contributed by atoms with van der Waals surface area (Å²) < 4.78 is 5.67. The minimum Gasteiger partial charge on any atom is -0.493 e. The molecule has 1 aromatic heterocycles. The molecule has 2 unspecified atom stereocenters. The lowest BCUT2D eigenvalue weighted by Crippen LogP contribution is -1.94. The molecule has 0 spiro atoms. The van der Waals surface area contributed by atoms with Crippen LogP contribution in [0.15, 0.2) is 18.2 Å². The molecule has 5 heteroatoms. The number of fused-ring (bicyclic) bond motifs is 1. The summed E-state index contributed by atoms with van der Waals surface area (Å²) in [5, 5.41) is 6.93. The number of ether oxygens (including phenoxy) is 1. The van der Waals surface area contributed by atoms with E-state index >= 15 is 0 Å². The predicted octanol–water partition coefficient (Wildman–Crippen LogP) is 2.23. The summed E-state index contributed by atoms with van der Waals surface area (Å²) in [4.78, 5) is 4.32. The molecule has 1 aliphatic carbocycles. The van der Waals surface area contributed by atoms with Crippen LogP contribution >= 0.6 is 0 Å². The third kappa shape index (κ3) is 1.49. The predicted molar refractivity (Wildman–Crippen MR) is 75.7 cm³/mol. The van der Waals surface area contributed by atoms with Gasteiger partial charge in [-0.05, 0) is 17.0 Å². The lowest BCUT2D eigenvalue weighted by atomic mass is 9.96. The van der Waals surface area contributed by atoms with Gasteiger partial charge in [-0.25, -0.2) is 0 Å². The van der Waals surface area contributed by atoms with E-state index in [0.717, 1.165) is 24.6 Å². The van der Waals surface area contributed by atoms with Crippen LogP contribution < -0.4 is 10.5 Å². The zero-order valence-corrected chi connectivity index (χ0v) is 11.7. The van der Waals surface area contributed by atoms with Gasteiger partial charge in [-0.15, -0.1) is 5.10 Å². The van der Waals surface area contributed by atoms with Crippen molar-refractivity contribution in [2.75, 3.05) is 12.3 Å². The standard InChI is InChI=1S/C15H18N4O/c1-15(2)11(12(15)13-17-14(16)19-18-13)9-4-3-5-10-8(9)6-7-20-10/h3-5,11-12H,6-7H2,1-2H3,(H3,16,17,18,19). The molecule has 2 atom stereocenters. The number of nitrogens with zero attached hydrogens (tertiary/aromatic N) is 2. The normalized spacial score (nSPS) is 26.1. The molecule has 0 amide bonds. The number of H-pyrrole nitrogens is 1. The van der Waals surface area contributed by atoms with Crippen LogP contribution in [0.4, 0.5) is 5.95 Å². The molecule has 2 heterocycles. The van der Waals surface area contributed by atoms with Crippen molar-refractivity contribution in [3.05, 3.63) is 35.2 Å². The van der Waals surface area contributed by atoms with Gasteiger partial charge in [0.15, 0.2) is 0 Å².